The van der Waals surface area contributed by atoms with Crippen molar-refractivity contribution in [3.63, 3.8) is 0 Å². The fourth-order valence-corrected chi connectivity index (χ4v) is 3.09. The van der Waals surface area contributed by atoms with Gasteiger partial charge in [-0.15, -0.1) is 0 Å². The molecule has 0 spiro atoms. The smallest absolute Gasteiger partial charge is 0.0725 e. The highest BCUT2D eigenvalue weighted by Gasteiger charge is 2.06. The molecule has 3 aromatic carbocycles. The summed E-state index contributed by atoms with van der Waals surface area (Å²) in [5.74, 6) is 0. The Balaban J connectivity index is 1.59. The monoisotopic (exact) mass is 410 g/mol. The maximum atomic E-state index is 5.94. The molecule has 0 atom stereocenters. The second kappa shape index (κ2) is 10.3. The molecule has 0 unspecified atom stereocenters. The molecule has 3 rings (SSSR count). The van der Waals surface area contributed by atoms with Crippen molar-refractivity contribution in [1.82, 2.24) is 0 Å². The van der Waals surface area contributed by atoms with E-state index in [1.165, 1.54) is 27.8 Å². The van der Waals surface area contributed by atoms with Crippen LogP contribution in [0.1, 0.15) is 27.8 Å². The van der Waals surface area contributed by atoms with E-state index in [-0.39, 0.29) is 0 Å². The van der Waals surface area contributed by atoms with Crippen LogP contribution in [0.15, 0.2) is 78.9 Å². The predicted octanol–water partition coefficient (Wildman–Crippen LogP) is 6.02. The molecular weight excluding hydrogens is 388 g/mol. The van der Waals surface area contributed by atoms with Crippen LogP contribution in [0.2, 0.25) is 0 Å². The summed E-state index contributed by atoms with van der Waals surface area (Å²) >= 11 is 3.53. The van der Waals surface area contributed by atoms with Crippen LogP contribution >= 0.6 is 15.9 Å². The maximum absolute atomic E-state index is 5.94. The van der Waals surface area contributed by atoms with Gasteiger partial charge in [0.15, 0.2) is 0 Å². The Morgan fingerprint density at radius 1 is 0.538 bits per heavy atom. The first kappa shape index (κ1) is 18.8. The molecule has 3 heteroatoms. The van der Waals surface area contributed by atoms with Gasteiger partial charge in [0, 0.05) is 5.33 Å². The van der Waals surface area contributed by atoms with Gasteiger partial charge >= 0.3 is 0 Å². The lowest BCUT2D eigenvalue weighted by atomic mass is 10.1. The van der Waals surface area contributed by atoms with Gasteiger partial charge in [0.1, 0.15) is 0 Å². The number of rotatable bonds is 9. The van der Waals surface area contributed by atoms with Gasteiger partial charge < -0.3 is 9.47 Å². The van der Waals surface area contributed by atoms with E-state index in [1.54, 1.807) is 0 Å². The molecular formula is C23H23BrO2. The van der Waals surface area contributed by atoms with E-state index in [4.69, 9.17) is 9.47 Å². The third kappa shape index (κ3) is 5.80. The lowest BCUT2D eigenvalue weighted by Gasteiger charge is -2.13. The van der Waals surface area contributed by atoms with Gasteiger partial charge in [0.05, 0.1) is 26.4 Å². The number of ether oxygens (including phenoxy) is 2. The fraction of sp³-hybridized carbons (Fsp3) is 0.217. The van der Waals surface area contributed by atoms with Gasteiger partial charge in [-0.3, -0.25) is 0 Å². The molecule has 0 heterocycles. The average Bonchev–Trinajstić information content (AvgIpc) is 2.70. The van der Waals surface area contributed by atoms with E-state index < -0.39 is 0 Å². The van der Waals surface area contributed by atoms with E-state index >= 15 is 0 Å². The molecule has 0 bridgehead atoms. The standard InChI is InChI=1S/C23H23BrO2/c24-14-21-11-12-22(17-25-15-19-7-3-1-4-8-19)23(13-21)18-26-16-20-9-5-2-6-10-20/h1-13H,14-18H2. The summed E-state index contributed by atoms with van der Waals surface area (Å²) < 4.78 is 11.9. The van der Waals surface area contributed by atoms with E-state index in [9.17, 15) is 0 Å². The Kier molecular flexibility index (Phi) is 7.44. The molecule has 3 aromatic rings. The number of hydrogen-bond donors (Lipinski definition) is 0. The van der Waals surface area contributed by atoms with E-state index in [1.807, 2.05) is 36.4 Å². The highest BCUT2D eigenvalue weighted by molar-refractivity contribution is 9.08. The molecule has 0 aliphatic heterocycles. The highest BCUT2D eigenvalue weighted by atomic mass is 79.9. The van der Waals surface area contributed by atoms with Gasteiger partial charge in [-0.05, 0) is 27.8 Å². The summed E-state index contributed by atoms with van der Waals surface area (Å²) in [6.45, 7) is 2.40. The molecule has 0 radical (unpaired) electrons. The van der Waals surface area contributed by atoms with Crippen molar-refractivity contribution < 1.29 is 9.47 Å². The van der Waals surface area contributed by atoms with Crippen molar-refractivity contribution in [3.05, 3.63) is 107 Å². The summed E-state index contributed by atoms with van der Waals surface area (Å²) in [6, 6.07) is 27.0. The Morgan fingerprint density at radius 2 is 1.08 bits per heavy atom. The zero-order chi connectivity index (χ0) is 18.0. The van der Waals surface area contributed by atoms with E-state index in [2.05, 4.69) is 58.4 Å². The first-order chi connectivity index (χ1) is 12.8. The van der Waals surface area contributed by atoms with Gasteiger partial charge in [-0.25, -0.2) is 0 Å². The van der Waals surface area contributed by atoms with Crippen LogP contribution < -0.4 is 0 Å². The Hall–Kier alpha value is -1.94. The summed E-state index contributed by atoms with van der Waals surface area (Å²) in [5, 5.41) is 0.837. The van der Waals surface area contributed by atoms with Crippen LogP contribution in [0.25, 0.3) is 0 Å². The van der Waals surface area contributed by atoms with Crippen molar-refractivity contribution in [2.24, 2.45) is 0 Å². The Morgan fingerprint density at radius 3 is 1.62 bits per heavy atom. The summed E-state index contributed by atoms with van der Waals surface area (Å²) in [5.41, 5.74) is 5.98. The van der Waals surface area contributed by atoms with Gasteiger partial charge in [-0.2, -0.15) is 0 Å². The zero-order valence-corrected chi connectivity index (χ0v) is 16.3. The number of alkyl halides is 1. The van der Waals surface area contributed by atoms with Crippen LogP contribution in [0.4, 0.5) is 0 Å². The quantitative estimate of drug-likeness (QED) is 0.401. The van der Waals surface area contributed by atoms with Crippen LogP contribution in [0.3, 0.4) is 0 Å². The molecule has 0 N–H and O–H groups in total. The molecule has 0 amide bonds. The number of halogens is 1. The molecule has 0 fully saturated rings. The van der Waals surface area contributed by atoms with E-state index in [0.717, 1.165) is 5.33 Å². The number of benzene rings is 3. The van der Waals surface area contributed by atoms with Crippen LogP contribution in [0, 0.1) is 0 Å². The zero-order valence-electron chi connectivity index (χ0n) is 14.7. The molecule has 0 aliphatic rings. The minimum Gasteiger partial charge on any atom is -0.372 e. The summed E-state index contributed by atoms with van der Waals surface area (Å²) in [4.78, 5) is 0. The summed E-state index contributed by atoms with van der Waals surface area (Å²) in [6.07, 6.45) is 0. The van der Waals surface area contributed by atoms with Crippen molar-refractivity contribution in [2.75, 3.05) is 0 Å². The predicted molar refractivity (Wildman–Crippen MR) is 109 cm³/mol. The highest BCUT2D eigenvalue weighted by Crippen LogP contribution is 2.18. The van der Waals surface area contributed by atoms with Gasteiger partial charge in [0.25, 0.3) is 0 Å². The number of hydrogen-bond acceptors (Lipinski definition) is 2. The average molecular weight is 411 g/mol. The van der Waals surface area contributed by atoms with Crippen LogP contribution in [-0.2, 0) is 41.2 Å². The molecule has 0 aromatic heterocycles. The lowest BCUT2D eigenvalue weighted by molar-refractivity contribution is 0.0934. The molecule has 0 saturated heterocycles. The van der Waals surface area contributed by atoms with Gasteiger partial charge in [0.2, 0.25) is 0 Å². The fourth-order valence-electron chi connectivity index (χ4n) is 2.74. The van der Waals surface area contributed by atoms with Crippen LogP contribution in [-0.4, -0.2) is 0 Å². The SMILES string of the molecule is BrCc1ccc(COCc2ccccc2)c(COCc2ccccc2)c1. The van der Waals surface area contributed by atoms with Crippen molar-refractivity contribution in [2.45, 2.75) is 31.8 Å². The summed E-state index contributed by atoms with van der Waals surface area (Å²) in [7, 11) is 0. The first-order valence-corrected chi connectivity index (χ1v) is 9.87. The third-order valence-corrected chi connectivity index (χ3v) is 4.81. The van der Waals surface area contributed by atoms with Gasteiger partial charge in [-0.1, -0.05) is 94.8 Å². The van der Waals surface area contributed by atoms with Crippen molar-refractivity contribution in [3.8, 4) is 0 Å². The van der Waals surface area contributed by atoms with Crippen molar-refractivity contribution >= 4 is 15.9 Å². The van der Waals surface area contributed by atoms with Crippen LogP contribution in [0.5, 0.6) is 0 Å². The largest absolute Gasteiger partial charge is 0.372 e. The Bertz CT molecular complexity index is 788. The minimum absolute atomic E-state index is 0.583. The van der Waals surface area contributed by atoms with Crippen molar-refractivity contribution in [1.29, 1.82) is 0 Å². The molecule has 26 heavy (non-hydrogen) atoms. The van der Waals surface area contributed by atoms with E-state index in [0.29, 0.717) is 26.4 Å². The topological polar surface area (TPSA) is 18.5 Å². The molecule has 0 saturated carbocycles. The first-order valence-electron chi connectivity index (χ1n) is 8.75. The second-order valence-electron chi connectivity index (χ2n) is 6.19. The minimum atomic E-state index is 0.583. The lowest BCUT2D eigenvalue weighted by Crippen LogP contribution is -2.02. The Labute approximate surface area is 163 Å². The maximum Gasteiger partial charge on any atom is 0.0725 e. The molecule has 2 nitrogen and oxygen atoms in total. The molecule has 134 valence electrons. The molecule has 0 aliphatic carbocycles. The normalized spacial score (nSPS) is 10.8. The third-order valence-electron chi connectivity index (χ3n) is 4.16. The second-order valence-corrected chi connectivity index (χ2v) is 6.75.